The summed E-state index contributed by atoms with van der Waals surface area (Å²) in [6.07, 6.45) is 0. The number of nitro benzene ring substituents is 1. The van der Waals surface area contributed by atoms with Crippen molar-refractivity contribution in [3.8, 4) is 11.1 Å². The van der Waals surface area contributed by atoms with Gasteiger partial charge in [-0.15, -0.1) is 0 Å². The summed E-state index contributed by atoms with van der Waals surface area (Å²) in [6.45, 7) is 0. The van der Waals surface area contributed by atoms with Gasteiger partial charge in [0.25, 0.3) is 5.69 Å². The Balaban J connectivity index is 1.92. The highest BCUT2D eigenvalue weighted by Crippen LogP contribution is 2.22. The van der Waals surface area contributed by atoms with E-state index in [1.807, 2.05) is 48.5 Å². The first-order chi connectivity index (χ1) is 11.1. The van der Waals surface area contributed by atoms with E-state index in [2.05, 4.69) is 0 Å². The third-order valence-corrected chi connectivity index (χ3v) is 3.57. The third kappa shape index (κ3) is 3.16. The zero-order valence-corrected chi connectivity index (χ0v) is 12.2. The molecule has 0 radical (unpaired) electrons. The van der Waals surface area contributed by atoms with E-state index in [1.165, 1.54) is 24.3 Å². The summed E-state index contributed by atoms with van der Waals surface area (Å²) in [7, 11) is 0. The number of hydrogen-bond acceptors (Lipinski definition) is 3. The zero-order valence-electron chi connectivity index (χ0n) is 12.2. The molecule has 0 fully saturated rings. The van der Waals surface area contributed by atoms with E-state index in [0.717, 1.165) is 11.1 Å². The first-order valence-electron chi connectivity index (χ1n) is 7.10. The third-order valence-electron chi connectivity index (χ3n) is 3.57. The van der Waals surface area contributed by atoms with Gasteiger partial charge in [-0.3, -0.25) is 14.9 Å². The van der Waals surface area contributed by atoms with Crippen molar-refractivity contribution in [3.63, 3.8) is 0 Å². The first-order valence-corrected chi connectivity index (χ1v) is 7.10. The van der Waals surface area contributed by atoms with E-state index in [0.29, 0.717) is 11.1 Å². The van der Waals surface area contributed by atoms with Gasteiger partial charge in [-0.25, -0.2) is 0 Å². The number of benzene rings is 3. The summed E-state index contributed by atoms with van der Waals surface area (Å²) < 4.78 is 0. The minimum Gasteiger partial charge on any atom is -0.289 e. The molecule has 0 aromatic heterocycles. The summed E-state index contributed by atoms with van der Waals surface area (Å²) in [5.74, 6) is -0.155. The monoisotopic (exact) mass is 303 g/mol. The number of ketones is 1. The van der Waals surface area contributed by atoms with Crippen molar-refractivity contribution >= 4 is 11.5 Å². The molecule has 4 heteroatoms. The van der Waals surface area contributed by atoms with Crippen LogP contribution in [0.2, 0.25) is 0 Å². The molecule has 112 valence electrons. The molecule has 0 aliphatic heterocycles. The maximum Gasteiger partial charge on any atom is 0.269 e. The number of non-ortho nitro benzene ring substituents is 1. The van der Waals surface area contributed by atoms with Gasteiger partial charge in [0.05, 0.1) is 4.92 Å². The van der Waals surface area contributed by atoms with Crippen LogP contribution in [0.25, 0.3) is 11.1 Å². The summed E-state index contributed by atoms with van der Waals surface area (Å²) in [5.41, 5.74) is 2.95. The van der Waals surface area contributed by atoms with Gasteiger partial charge in [0.1, 0.15) is 0 Å². The van der Waals surface area contributed by atoms with Gasteiger partial charge >= 0.3 is 0 Å². The van der Waals surface area contributed by atoms with Crippen LogP contribution in [-0.4, -0.2) is 10.7 Å². The Morgan fingerprint density at radius 2 is 1.39 bits per heavy atom. The lowest BCUT2D eigenvalue weighted by Crippen LogP contribution is -2.01. The molecule has 0 spiro atoms. The van der Waals surface area contributed by atoms with E-state index in [4.69, 9.17) is 0 Å². The van der Waals surface area contributed by atoms with Crippen LogP contribution in [0.1, 0.15) is 15.9 Å². The maximum absolute atomic E-state index is 12.5. The van der Waals surface area contributed by atoms with Gasteiger partial charge in [0.2, 0.25) is 0 Å². The normalized spacial score (nSPS) is 10.3. The molecule has 0 aliphatic carbocycles. The first kappa shape index (κ1) is 14.7. The van der Waals surface area contributed by atoms with Crippen molar-refractivity contribution in [1.82, 2.24) is 0 Å². The Morgan fingerprint density at radius 1 is 0.739 bits per heavy atom. The van der Waals surface area contributed by atoms with Crippen LogP contribution >= 0.6 is 0 Å². The molecule has 0 aliphatic rings. The smallest absolute Gasteiger partial charge is 0.269 e. The molecule has 4 nitrogen and oxygen atoms in total. The van der Waals surface area contributed by atoms with Crippen molar-refractivity contribution in [3.05, 3.63) is 100 Å². The highest BCUT2D eigenvalue weighted by Gasteiger charge is 2.12. The van der Waals surface area contributed by atoms with Gasteiger partial charge < -0.3 is 0 Å². The lowest BCUT2D eigenvalue weighted by molar-refractivity contribution is -0.384. The van der Waals surface area contributed by atoms with Gasteiger partial charge in [0.15, 0.2) is 5.78 Å². The van der Waals surface area contributed by atoms with Gasteiger partial charge in [0, 0.05) is 23.3 Å². The second-order valence-electron chi connectivity index (χ2n) is 5.08. The molecule has 0 atom stereocenters. The van der Waals surface area contributed by atoms with Gasteiger partial charge in [-0.05, 0) is 29.3 Å². The van der Waals surface area contributed by atoms with E-state index in [-0.39, 0.29) is 11.5 Å². The Labute approximate surface area is 133 Å². The highest BCUT2D eigenvalue weighted by molar-refractivity contribution is 6.09. The standard InChI is InChI=1S/C19H13NO3/c21-19(15-9-11-18(12-10-15)20(22)23)17-8-4-7-16(13-17)14-5-2-1-3-6-14/h1-13H. The number of hydrogen-bond donors (Lipinski definition) is 0. The van der Waals surface area contributed by atoms with Crippen LogP contribution in [0.5, 0.6) is 0 Å². The summed E-state index contributed by atoms with van der Waals surface area (Å²) in [6, 6.07) is 22.8. The minimum atomic E-state index is -0.482. The topological polar surface area (TPSA) is 60.2 Å². The van der Waals surface area contributed by atoms with Crippen LogP contribution in [0.3, 0.4) is 0 Å². The molecule has 0 saturated heterocycles. The van der Waals surface area contributed by atoms with E-state index in [1.54, 1.807) is 6.07 Å². The zero-order chi connectivity index (χ0) is 16.2. The number of carbonyl (C=O) groups is 1. The fourth-order valence-electron chi connectivity index (χ4n) is 2.37. The Kier molecular flexibility index (Phi) is 3.97. The lowest BCUT2D eigenvalue weighted by Gasteiger charge is -2.05. The molecule has 23 heavy (non-hydrogen) atoms. The fraction of sp³-hybridized carbons (Fsp3) is 0. The minimum absolute atomic E-state index is 0.0282. The molecule has 0 heterocycles. The van der Waals surface area contributed by atoms with Crippen LogP contribution in [-0.2, 0) is 0 Å². The highest BCUT2D eigenvalue weighted by atomic mass is 16.6. The summed E-state index contributed by atoms with van der Waals surface area (Å²) >= 11 is 0. The molecule has 0 amide bonds. The predicted octanol–water partition coefficient (Wildman–Crippen LogP) is 4.49. The largest absolute Gasteiger partial charge is 0.289 e. The fourth-order valence-corrected chi connectivity index (χ4v) is 2.37. The van der Waals surface area contributed by atoms with Crippen LogP contribution in [0, 0.1) is 10.1 Å². The second-order valence-corrected chi connectivity index (χ2v) is 5.08. The number of nitrogens with zero attached hydrogens (tertiary/aromatic N) is 1. The van der Waals surface area contributed by atoms with Crippen molar-refractivity contribution in [2.45, 2.75) is 0 Å². The molecular formula is C19H13NO3. The number of nitro groups is 1. The Morgan fingerprint density at radius 3 is 2.04 bits per heavy atom. The van der Waals surface area contributed by atoms with Gasteiger partial charge in [-0.2, -0.15) is 0 Å². The number of carbonyl (C=O) groups excluding carboxylic acids is 1. The maximum atomic E-state index is 12.5. The SMILES string of the molecule is O=C(c1ccc([N+](=O)[O-])cc1)c1cccc(-c2ccccc2)c1. The molecule has 0 unspecified atom stereocenters. The predicted molar refractivity (Wildman–Crippen MR) is 88.4 cm³/mol. The molecular weight excluding hydrogens is 290 g/mol. The van der Waals surface area contributed by atoms with E-state index >= 15 is 0 Å². The van der Waals surface area contributed by atoms with Crippen LogP contribution in [0.4, 0.5) is 5.69 Å². The lowest BCUT2D eigenvalue weighted by atomic mass is 9.98. The quantitative estimate of drug-likeness (QED) is 0.405. The second kappa shape index (κ2) is 6.23. The van der Waals surface area contributed by atoms with Crippen LogP contribution < -0.4 is 0 Å². The Hall–Kier alpha value is -3.27. The van der Waals surface area contributed by atoms with Crippen LogP contribution in [0.15, 0.2) is 78.9 Å². The van der Waals surface area contributed by atoms with Crippen molar-refractivity contribution in [2.75, 3.05) is 0 Å². The molecule has 0 bridgehead atoms. The van der Waals surface area contributed by atoms with Crippen molar-refractivity contribution in [1.29, 1.82) is 0 Å². The van der Waals surface area contributed by atoms with E-state index in [9.17, 15) is 14.9 Å². The molecule has 3 rings (SSSR count). The summed E-state index contributed by atoms with van der Waals surface area (Å²) in [5, 5.41) is 10.7. The van der Waals surface area contributed by atoms with Crippen molar-refractivity contribution in [2.24, 2.45) is 0 Å². The molecule has 0 saturated carbocycles. The van der Waals surface area contributed by atoms with E-state index < -0.39 is 4.92 Å². The van der Waals surface area contributed by atoms with Gasteiger partial charge in [-0.1, -0.05) is 48.5 Å². The Bertz CT molecular complexity index is 855. The molecule has 3 aromatic carbocycles. The average Bonchev–Trinajstić information content (AvgIpc) is 2.62. The van der Waals surface area contributed by atoms with Crippen molar-refractivity contribution < 1.29 is 9.72 Å². The molecule has 3 aromatic rings. The number of rotatable bonds is 4. The average molecular weight is 303 g/mol. The molecule has 0 N–H and O–H groups in total. The summed E-state index contributed by atoms with van der Waals surface area (Å²) in [4.78, 5) is 22.7.